The summed E-state index contributed by atoms with van der Waals surface area (Å²) in [5.41, 5.74) is 2.14. The van der Waals surface area contributed by atoms with Crippen LogP contribution in [0.15, 0.2) is 72.3 Å². The molecule has 4 nitrogen and oxygen atoms in total. The van der Waals surface area contributed by atoms with Crippen LogP contribution in [0.1, 0.15) is 16.8 Å². The van der Waals surface area contributed by atoms with Gasteiger partial charge in [-0.3, -0.25) is 0 Å². The van der Waals surface area contributed by atoms with Crippen molar-refractivity contribution in [2.24, 2.45) is 0 Å². The average molecular weight is 307 g/mol. The third-order valence-electron chi connectivity index (χ3n) is 3.55. The highest BCUT2D eigenvalue weighted by atomic mass is 16.5. The highest BCUT2D eigenvalue weighted by Gasteiger charge is 2.11. The van der Waals surface area contributed by atoms with E-state index in [2.05, 4.69) is 17.5 Å². The molecule has 3 rings (SSSR count). The van der Waals surface area contributed by atoms with Crippen molar-refractivity contribution in [3.05, 3.63) is 77.9 Å². The van der Waals surface area contributed by atoms with Crippen LogP contribution in [0, 0.1) is 0 Å². The third kappa shape index (κ3) is 3.80. The summed E-state index contributed by atoms with van der Waals surface area (Å²) in [6.45, 7) is 0.654. The van der Waals surface area contributed by atoms with Crippen molar-refractivity contribution in [1.82, 2.24) is 0 Å². The fourth-order valence-corrected chi connectivity index (χ4v) is 2.34. The van der Waals surface area contributed by atoms with Crippen molar-refractivity contribution in [2.45, 2.75) is 6.42 Å². The number of allylic oxidation sites excluding steroid dienone is 3. The zero-order chi connectivity index (χ0) is 16.1. The fourth-order valence-electron chi connectivity index (χ4n) is 2.34. The highest BCUT2D eigenvalue weighted by molar-refractivity contribution is 5.89. The van der Waals surface area contributed by atoms with E-state index < -0.39 is 5.97 Å². The summed E-state index contributed by atoms with van der Waals surface area (Å²) in [5.74, 6) is 0.356. The Morgan fingerprint density at radius 3 is 2.70 bits per heavy atom. The second kappa shape index (κ2) is 6.83. The smallest absolute Gasteiger partial charge is 0.335 e. The van der Waals surface area contributed by atoms with Gasteiger partial charge in [0.2, 0.25) is 0 Å². The Kier molecular flexibility index (Phi) is 4.43. The maximum atomic E-state index is 11.2. The molecule has 23 heavy (non-hydrogen) atoms. The molecule has 0 radical (unpaired) electrons. The Labute approximate surface area is 134 Å². The van der Waals surface area contributed by atoms with Gasteiger partial charge in [-0.1, -0.05) is 36.4 Å². The van der Waals surface area contributed by atoms with Gasteiger partial charge in [-0.25, -0.2) is 4.79 Å². The molecule has 0 spiro atoms. The molecule has 0 atom stereocenters. The van der Waals surface area contributed by atoms with E-state index in [1.54, 1.807) is 18.2 Å². The molecule has 0 heterocycles. The quantitative estimate of drug-likeness (QED) is 0.826. The van der Waals surface area contributed by atoms with E-state index in [-0.39, 0.29) is 5.56 Å². The molecule has 0 unspecified atom stereocenters. The minimum Gasteiger partial charge on any atom is -0.478 e. The van der Waals surface area contributed by atoms with Gasteiger partial charge in [0.25, 0.3) is 0 Å². The number of carboxylic acids is 1. The largest absolute Gasteiger partial charge is 0.478 e. The summed E-state index contributed by atoms with van der Waals surface area (Å²) in [6, 6.07) is 14.2. The molecule has 4 heteroatoms. The molecular formula is C19H17NO3. The van der Waals surface area contributed by atoms with E-state index in [9.17, 15) is 9.90 Å². The number of para-hydroxylation sites is 1. The number of aromatic carboxylic acids is 1. The molecule has 0 saturated heterocycles. The van der Waals surface area contributed by atoms with Crippen LogP contribution in [-0.2, 0) is 0 Å². The summed E-state index contributed by atoms with van der Waals surface area (Å²) in [7, 11) is 0. The lowest BCUT2D eigenvalue weighted by atomic mass is 10.1. The Bertz CT molecular complexity index is 763. The van der Waals surface area contributed by atoms with Crippen molar-refractivity contribution < 1.29 is 14.6 Å². The molecule has 0 aliphatic heterocycles. The van der Waals surface area contributed by atoms with Crippen LogP contribution in [-0.4, -0.2) is 17.6 Å². The molecule has 0 aromatic heterocycles. The van der Waals surface area contributed by atoms with Crippen LogP contribution >= 0.6 is 0 Å². The van der Waals surface area contributed by atoms with Crippen LogP contribution in [0.3, 0.4) is 0 Å². The van der Waals surface area contributed by atoms with Gasteiger partial charge in [0.1, 0.15) is 5.75 Å². The number of hydrogen-bond acceptors (Lipinski definition) is 3. The topological polar surface area (TPSA) is 58.6 Å². The lowest BCUT2D eigenvalue weighted by Gasteiger charge is -2.14. The predicted octanol–water partition coefficient (Wildman–Crippen LogP) is 4.48. The number of anilines is 1. The molecule has 0 bridgehead atoms. The first kappa shape index (κ1) is 14.9. The summed E-state index contributed by atoms with van der Waals surface area (Å²) in [5, 5.41) is 12.5. The van der Waals surface area contributed by atoms with E-state index in [1.165, 1.54) is 5.57 Å². The molecule has 0 fully saturated rings. The number of benzene rings is 2. The number of ether oxygens (including phenoxy) is 1. The molecule has 2 N–H and O–H groups in total. The first-order valence-electron chi connectivity index (χ1n) is 7.41. The second-order valence-electron chi connectivity index (χ2n) is 5.24. The molecule has 2 aromatic carbocycles. The Morgan fingerprint density at radius 2 is 2.00 bits per heavy atom. The van der Waals surface area contributed by atoms with Crippen LogP contribution in [0.5, 0.6) is 11.5 Å². The Balaban J connectivity index is 1.83. The van der Waals surface area contributed by atoms with Crippen LogP contribution in [0.25, 0.3) is 0 Å². The number of nitrogens with one attached hydrogen (secondary N) is 1. The van der Waals surface area contributed by atoms with Crippen molar-refractivity contribution in [1.29, 1.82) is 0 Å². The lowest BCUT2D eigenvalue weighted by molar-refractivity contribution is 0.0697. The summed E-state index contributed by atoms with van der Waals surface area (Å²) < 4.78 is 5.87. The molecule has 1 aliphatic carbocycles. The van der Waals surface area contributed by atoms with Crippen molar-refractivity contribution in [3.63, 3.8) is 0 Å². The maximum absolute atomic E-state index is 11.2. The van der Waals surface area contributed by atoms with Gasteiger partial charge in [-0.15, -0.1) is 0 Å². The first-order chi connectivity index (χ1) is 11.2. The van der Waals surface area contributed by atoms with Crippen molar-refractivity contribution in [2.75, 3.05) is 11.9 Å². The molecule has 1 aliphatic rings. The summed E-state index contributed by atoms with van der Waals surface area (Å²) in [6.07, 6.45) is 7.09. The van der Waals surface area contributed by atoms with Gasteiger partial charge in [0.15, 0.2) is 5.75 Å². The van der Waals surface area contributed by atoms with E-state index >= 15 is 0 Å². The average Bonchev–Trinajstić information content (AvgIpc) is 3.08. The fraction of sp³-hybridized carbons (Fsp3) is 0.105. The Hall–Kier alpha value is -3.01. The predicted molar refractivity (Wildman–Crippen MR) is 90.2 cm³/mol. The maximum Gasteiger partial charge on any atom is 0.335 e. The third-order valence-corrected chi connectivity index (χ3v) is 3.55. The van der Waals surface area contributed by atoms with Gasteiger partial charge in [0, 0.05) is 6.54 Å². The van der Waals surface area contributed by atoms with Gasteiger partial charge < -0.3 is 15.2 Å². The zero-order valence-corrected chi connectivity index (χ0v) is 12.5. The summed E-state index contributed by atoms with van der Waals surface area (Å²) >= 11 is 0. The van der Waals surface area contributed by atoms with Crippen molar-refractivity contribution >= 4 is 11.7 Å². The number of hydrogen-bond donors (Lipinski definition) is 2. The van der Waals surface area contributed by atoms with Gasteiger partial charge in [0.05, 0.1) is 11.3 Å². The molecule has 0 saturated carbocycles. The highest BCUT2D eigenvalue weighted by Crippen LogP contribution is 2.31. The SMILES string of the molecule is O=C(O)c1ccc(Oc2ccccc2)c(NCC2=CC=CC2)c1. The van der Waals surface area contributed by atoms with Gasteiger partial charge >= 0.3 is 5.97 Å². The minimum atomic E-state index is -0.957. The number of carbonyl (C=O) groups is 1. The lowest BCUT2D eigenvalue weighted by Crippen LogP contribution is -2.06. The minimum absolute atomic E-state index is 0.228. The monoisotopic (exact) mass is 307 g/mol. The normalized spacial score (nSPS) is 12.8. The standard InChI is InChI=1S/C19H17NO3/c21-19(22)15-10-11-18(23-16-8-2-1-3-9-16)17(12-15)20-13-14-6-4-5-7-14/h1-6,8-12,20H,7,13H2,(H,21,22). The van der Waals surface area contributed by atoms with Crippen molar-refractivity contribution in [3.8, 4) is 11.5 Å². The van der Waals surface area contributed by atoms with E-state index in [0.29, 0.717) is 23.7 Å². The van der Waals surface area contributed by atoms with E-state index in [0.717, 1.165) is 6.42 Å². The molecule has 2 aromatic rings. The second-order valence-corrected chi connectivity index (χ2v) is 5.24. The first-order valence-corrected chi connectivity index (χ1v) is 7.41. The van der Waals surface area contributed by atoms with Crippen LogP contribution in [0.2, 0.25) is 0 Å². The number of carboxylic acid groups (broad SMARTS) is 1. The van der Waals surface area contributed by atoms with Crippen LogP contribution in [0.4, 0.5) is 5.69 Å². The van der Waals surface area contributed by atoms with Gasteiger partial charge in [-0.2, -0.15) is 0 Å². The van der Waals surface area contributed by atoms with E-state index in [4.69, 9.17) is 4.74 Å². The number of rotatable bonds is 6. The molecule has 116 valence electrons. The molecule has 0 amide bonds. The Morgan fingerprint density at radius 1 is 1.17 bits per heavy atom. The van der Waals surface area contributed by atoms with E-state index in [1.807, 2.05) is 36.4 Å². The zero-order valence-electron chi connectivity index (χ0n) is 12.5. The summed E-state index contributed by atoms with van der Waals surface area (Å²) in [4.78, 5) is 11.2. The van der Waals surface area contributed by atoms with Crippen LogP contribution < -0.4 is 10.1 Å². The molecular weight excluding hydrogens is 290 g/mol. The van der Waals surface area contributed by atoms with Gasteiger partial charge in [-0.05, 0) is 42.3 Å².